The molecule has 0 radical (unpaired) electrons. The zero-order valence-electron chi connectivity index (χ0n) is 13.2. The van der Waals surface area contributed by atoms with Crippen molar-refractivity contribution in [1.82, 2.24) is 0 Å². The molecule has 21 heavy (non-hydrogen) atoms. The summed E-state index contributed by atoms with van der Waals surface area (Å²) in [6.07, 6.45) is 5.87. The first-order valence-corrected chi connectivity index (χ1v) is 9.42. The summed E-state index contributed by atoms with van der Waals surface area (Å²) in [5, 5.41) is 0. The van der Waals surface area contributed by atoms with Crippen LogP contribution in [-0.4, -0.2) is 32.2 Å². The fourth-order valence-corrected chi connectivity index (χ4v) is 4.33. The molecule has 1 aliphatic carbocycles. The summed E-state index contributed by atoms with van der Waals surface area (Å²) in [5.41, 5.74) is 1.48. The van der Waals surface area contributed by atoms with Crippen LogP contribution in [0.4, 0.5) is 0 Å². The Morgan fingerprint density at radius 1 is 0.952 bits per heavy atom. The van der Waals surface area contributed by atoms with E-state index in [0.717, 1.165) is 12.0 Å². The van der Waals surface area contributed by atoms with Crippen LogP contribution in [0, 0.1) is 5.92 Å². The molecule has 2 N–H and O–H groups in total. The quantitative estimate of drug-likeness (QED) is 0.811. The second-order valence-corrected chi connectivity index (χ2v) is 8.08. The van der Waals surface area contributed by atoms with Gasteiger partial charge in [-0.3, -0.25) is 0 Å². The molecular weight excluding hydrogens is 324 g/mol. The lowest BCUT2D eigenvalue weighted by molar-refractivity contribution is -1.03. The van der Waals surface area contributed by atoms with E-state index < -0.39 is 0 Å². The maximum absolute atomic E-state index is 3.52. The van der Waals surface area contributed by atoms with Crippen molar-refractivity contribution < 1.29 is 9.80 Å². The molecule has 1 heterocycles. The van der Waals surface area contributed by atoms with Crippen molar-refractivity contribution in [2.75, 3.05) is 26.2 Å². The topological polar surface area (TPSA) is 8.88 Å². The Morgan fingerprint density at radius 3 is 2.19 bits per heavy atom. The maximum Gasteiger partial charge on any atom is 0.127 e. The average molecular weight is 353 g/mol. The van der Waals surface area contributed by atoms with E-state index in [1.807, 2.05) is 4.90 Å². The molecule has 0 spiro atoms. The predicted octanol–water partition coefficient (Wildman–Crippen LogP) is 1.31. The molecule has 2 nitrogen and oxygen atoms in total. The van der Waals surface area contributed by atoms with Gasteiger partial charge in [-0.1, -0.05) is 35.0 Å². The van der Waals surface area contributed by atoms with Gasteiger partial charge in [0, 0.05) is 10.0 Å². The van der Waals surface area contributed by atoms with Crippen LogP contribution in [0.15, 0.2) is 28.7 Å². The predicted molar refractivity (Wildman–Crippen MR) is 90.7 cm³/mol. The molecule has 3 heteroatoms. The number of quaternary nitrogens is 2. The van der Waals surface area contributed by atoms with Crippen molar-refractivity contribution in [3.8, 4) is 0 Å². The van der Waals surface area contributed by atoms with Crippen LogP contribution in [0.2, 0.25) is 0 Å². The summed E-state index contributed by atoms with van der Waals surface area (Å²) < 4.78 is 1.18. The number of benzene rings is 1. The van der Waals surface area contributed by atoms with Crippen LogP contribution < -0.4 is 9.80 Å². The smallest absolute Gasteiger partial charge is 0.127 e. The van der Waals surface area contributed by atoms with Crippen LogP contribution in [0.3, 0.4) is 0 Å². The van der Waals surface area contributed by atoms with E-state index in [9.17, 15) is 0 Å². The Kier molecular flexibility index (Phi) is 5.36. The molecule has 1 aromatic carbocycles. The van der Waals surface area contributed by atoms with Crippen molar-refractivity contribution in [1.29, 1.82) is 0 Å². The van der Waals surface area contributed by atoms with Crippen molar-refractivity contribution in [2.24, 2.45) is 5.92 Å². The lowest BCUT2D eigenvalue weighted by Crippen LogP contribution is -3.29. The van der Waals surface area contributed by atoms with Gasteiger partial charge in [-0.15, -0.1) is 0 Å². The normalized spacial score (nSPS) is 33.8. The van der Waals surface area contributed by atoms with E-state index >= 15 is 0 Å². The first kappa shape index (κ1) is 15.5. The Labute approximate surface area is 137 Å². The monoisotopic (exact) mass is 352 g/mol. The van der Waals surface area contributed by atoms with Crippen LogP contribution >= 0.6 is 15.9 Å². The molecule has 0 atom stereocenters. The molecular formula is C18H29BrN2+2. The largest absolute Gasteiger partial charge is 0.323 e. The van der Waals surface area contributed by atoms with Gasteiger partial charge in [-0.25, -0.2) is 0 Å². The molecule has 1 aromatic rings. The van der Waals surface area contributed by atoms with E-state index in [-0.39, 0.29) is 0 Å². The molecule has 1 saturated heterocycles. The van der Waals surface area contributed by atoms with E-state index in [1.54, 1.807) is 4.90 Å². The highest BCUT2D eigenvalue weighted by atomic mass is 79.9. The number of hydrogen-bond acceptors (Lipinski definition) is 0. The standard InChI is InChI=1S/C18H27BrN2/c1-15-2-8-18(9-3-15)21-12-10-20(11-13-21)14-16-4-6-17(19)7-5-16/h4-7,15,18H,2-3,8-14H2,1H3/p+2. The van der Waals surface area contributed by atoms with E-state index in [2.05, 4.69) is 47.1 Å². The Morgan fingerprint density at radius 2 is 1.57 bits per heavy atom. The van der Waals surface area contributed by atoms with E-state index in [0.29, 0.717) is 0 Å². The zero-order chi connectivity index (χ0) is 14.7. The van der Waals surface area contributed by atoms with Gasteiger partial charge in [0.05, 0.1) is 6.04 Å². The van der Waals surface area contributed by atoms with Crippen LogP contribution in [-0.2, 0) is 6.54 Å². The van der Waals surface area contributed by atoms with Gasteiger partial charge in [0.15, 0.2) is 0 Å². The Hall–Kier alpha value is -0.380. The number of halogens is 1. The highest BCUT2D eigenvalue weighted by molar-refractivity contribution is 9.10. The highest BCUT2D eigenvalue weighted by Crippen LogP contribution is 2.21. The second kappa shape index (κ2) is 7.26. The molecule has 2 aliphatic rings. The third-order valence-electron chi connectivity index (χ3n) is 5.56. The third-order valence-corrected chi connectivity index (χ3v) is 6.09. The van der Waals surface area contributed by atoms with Crippen LogP contribution in [0.1, 0.15) is 38.2 Å². The molecule has 1 saturated carbocycles. The summed E-state index contributed by atoms with van der Waals surface area (Å²) in [5.74, 6) is 0.977. The summed E-state index contributed by atoms with van der Waals surface area (Å²) in [6, 6.07) is 9.83. The molecule has 0 amide bonds. The minimum Gasteiger partial charge on any atom is -0.323 e. The minimum atomic E-state index is 0.968. The van der Waals surface area contributed by atoms with Crippen molar-refractivity contribution in [3.05, 3.63) is 34.3 Å². The van der Waals surface area contributed by atoms with Crippen molar-refractivity contribution >= 4 is 15.9 Å². The third kappa shape index (κ3) is 4.30. The molecule has 1 aliphatic heterocycles. The summed E-state index contributed by atoms with van der Waals surface area (Å²) >= 11 is 3.52. The number of nitrogens with one attached hydrogen (secondary N) is 2. The highest BCUT2D eigenvalue weighted by Gasteiger charge is 2.31. The Balaban J connectivity index is 1.45. The lowest BCUT2D eigenvalue weighted by atomic mass is 9.86. The SMILES string of the molecule is CC1CCC([NH+]2CC[NH+](Cc3ccc(Br)cc3)CC2)CC1. The van der Waals surface area contributed by atoms with E-state index in [4.69, 9.17) is 0 Å². The number of piperazine rings is 1. The fourth-order valence-electron chi connectivity index (χ4n) is 4.07. The molecule has 116 valence electrons. The summed E-state index contributed by atoms with van der Waals surface area (Å²) in [7, 11) is 0. The van der Waals surface area contributed by atoms with Gasteiger partial charge in [-0.05, 0) is 43.7 Å². The molecule has 2 fully saturated rings. The van der Waals surface area contributed by atoms with Gasteiger partial charge < -0.3 is 9.80 Å². The first-order valence-electron chi connectivity index (χ1n) is 8.63. The van der Waals surface area contributed by atoms with Gasteiger partial charge in [0.25, 0.3) is 0 Å². The minimum absolute atomic E-state index is 0.968. The number of rotatable bonds is 3. The summed E-state index contributed by atoms with van der Waals surface area (Å²) in [4.78, 5) is 3.67. The molecule has 0 bridgehead atoms. The fraction of sp³-hybridized carbons (Fsp3) is 0.667. The maximum atomic E-state index is 3.52. The lowest BCUT2D eigenvalue weighted by Gasteiger charge is -2.37. The molecule has 0 unspecified atom stereocenters. The first-order chi connectivity index (χ1) is 10.2. The van der Waals surface area contributed by atoms with Gasteiger partial charge in [0.1, 0.15) is 32.7 Å². The second-order valence-electron chi connectivity index (χ2n) is 7.17. The van der Waals surface area contributed by atoms with Gasteiger partial charge in [-0.2, -0.15) is 0 Å². The van der Waals surface area contributed by atoms with Gasteiger partial charge in [0.2, 0.25) is 0 Å². The number of hydrogen-bond donors (Lipinski definition) is 2. The van der Waals surface area contributed by atoms with E-state index in [1.165, 1.54) is 68.4 Å². The van der Waals surface area contributed by atoms with Crippen LogP contribution in [0.25, 0.3) is 0 Å². The van der Waals surface area contributed by atoms with Crippen molar-refractivity contribution in [3.63, 3.8) is 0 Å². The zero-order valence-corrected chi connectivity index (χ0v) is 14.8. The summed E-state index contributed by atoms with van der Waals surface area (Å²) in [6.45, 7) is 9.07. The van der Waals surface area contributed by atoms with Crippen molar-refractivity contribution in [2.45, 2.75) is 45.2 Å². The average Bonchev–Trinajstić information content (AvgIpc) is 2.51. The molecule has 3 rings (SSSR count). The van der Waals surface area contributed by atoms with Crippen LogP contribution in [0.5, 0.6) is 0 Å². The molecule has 0 aromatic heterocycles. The Bertz CT molecular complexity index is 429. The van der Waals surface area contributed by atoms with Gasteiger partial charge >= 0.3 is 0 Å².